The number of hydrogen-bond acceptors (Lipinski definition) is 5. The Morgan fingerprint density at radius 1 is 1.03 bits per heavy atom. The van der Waals surface area contributed by atoms with Crippen LogP contribution in [0.1, 0.15) is 41.9 Å². The Morgan fingerprint density at radius 2 is 1.69 bits per heavy atom. The molecule has 0 radical (unpaired) electrons. The summed E-state index contributed by atoms with van der Waals surface area (Å²) >= 11 is 3.81. The van der Waals surface area contributed by atoms with Gasteiger partial charge in [-0.2, -0.15) is 0 Å². The average molecular weight is 496 g/mol. The number of aromatic nitrogens is 2. The zero-order valence-electron chi connectivity index (χ0n) is 18.9. The van der Waals surface area contributed by atoms with Gasteiger partial charge in [0.15, 0.2) is 5.78 Å². The van der Waals surface area contributed by atoms with Gasteiger partial charge in [0.25, 0.3) is 0 Å². The van der Waals surface area contributed by atoms with Crippen LogP contribution in [-0.2, 0) is 0 Å². The van der Waals surface area contributed by atoms with Crippen LogP contribution in [0.4, 0.5) is 11.5 Å². The second-order valence-electron chi connectivity index (χ2n) is 9.00. The van der Waals surface area contributed by atoms with Crippen LogP contribution < -0.4 is 15.1 Å². The van der Waals surface area contributed by atoms with Crippen molar-refractivity contribution in [3.05, 3.63) is 52.1 Å². The molecule has 0 bridgehead atoms. The van der Waals surface area contributed by atoms with E-state index in [1.807, 2.05) is 19.2 Å². The fraction of sp³-hybridized carbons (Fsp3) is 0.440. The number of pyridine rings is 1. The summed E-state index contributed by atoms with van der Waals surface area (Å²) < 4.78 is 3.60. The second-order valence-corrected chi connectivity index (χ2v) is 9.79. The lowest BCUT2D eigenvalue weighted by Gasteiger charge is -2.38. The van der Waals surface area contributed by atoms with Gasteiger partial charge < -0.3 is 19.7 Å². The fourth-order valence-corrected chi connectivity index (χ4v) is 5.51. The van der Waals surface area contributed by atoms with Crippen molar-refractivity contribution in [3.8, 4) is 0 Å². The average Bonchev–Trinajstić information content (AvgIpc) is 3.03. The molecule has 1 aliphatic heterocycles. The number of rotatable bonds is 5. The Labute approximate surface area is 197 Å². The smallest absolute Gasteiger partial charge is 0.159 e. The van der Waals surface area contributed by atoms with E-state index in [0.717, 1.165) is 56.0 Å². The number of benzene rings is 1. The molecule has 0 unspecified atom stereocenters. The lowest BCUT2D eigenvalue weighted by atomic mass is 9.86. The van der Waals surface area contributed by atoms with Gasteiger partial charge in [0, 0.05) is 65.1 Å². The summed E-state index contributed by atoms with van der Waals surface area (Å²) in [4.78, 5) is 21.4. The van der Waals surface area contributed by atoms with E-state index in [4.69, 9.17) is 4.98 Å². The highest BCUT2D eigenvalue weighted by atomic mass is 79.9. The molecule has 1 aliphatic carbocycles. The first kappa shape index (κ1) is 21.5. The van der Waals surface area contributed by atoms with E-state index in [-0.39, 0.29) is 5.78 Å². The molecule has 3 heterocycles. The summed E-state index contributed by atoms with van der Waals surface area (Å²) in [7, 11) is 2.05. The molecule has 0 atom stereocenters. The molecule has 3 aromatic rings. The number of halogens is 1. The van der Waals surface area contributed by atoms with Gasteiger partial charge in [0.05, 0.1) is 0 Å². The first-order valence-electron chi connectivity index (χ1n) is 11.4. The molecule has 1 saturated carbocycles. The standard InChI is InChI=1S/C25H30BrN5O/c1-16-24(26)22-8-9-23(28-25(22)31(16)21-14-19(15-21)27-3)30-12-10-29(11-13-30)20-6-4-18(5-7-20)17(2)32/h4-9,19,21,27H,10-15H2,1-3H3/t19-,21-. The Balaban J connectivity index is 1.34. The minimum Gasteiger partial charge on any atom is -0.368 e. The molecular weight excluding hydrogens is 466 g/mol. The summed E-state index contributed by atoms with van der Waals surface area (Å²) in [6.45, 7) is 7.54. The van der Waals surface area contributed by atoms with Gasteiger partial charge in [-0.15, -0.1) is 0 Å². The number of anilines is 2. The van der Waals surface area contributed by atoms with Gasteiger partial charge in [-0.05, 0) is 86.1 Å². The lowest BCUT2D eigenvalue weighted by Crippen LogP contribution is -2.46. The largest absolute Gasteiger partial charge is 0.368 e. The zero-order chi connectivity index (χ0) is 22.4. The van der Waals surface area contributed by atoms with Crippen molar-refractivity contribution in [1.29, 1.82) is 0 Å². The quantitative estimate of drug-likeness (QED) is 0.525. The van der Waals surface area contributed by atoms with Crippen molar-refractivity contribution in [3.63, 3.8) is 0 Å². The molecular formula is C25H30BrN5O. The third-order valence-corrected chi connectivity index (χ3v) is 8.13. The van der Waals surface area contributed by atoms with Gasteiger partial charge in [0.1, 0.15) is 11.5 Å². The van der Waals surface area contributed by atoms with E-state index in [2.05, 4.69) is 66.8 Å². The number of nitrogens with zero attached hydrogens (tertiary/aromatic N) is 4. The van der Waals surface area contributed by atoms with E-state index in [1.165, 1.54) is 21.2 Å². The van der Waals surface area contributed by atoms with Crippen LogP contribution in [0.15, 0.2) is 40.9 Å². The molecule has 1 saturated heterocycles. The predicted molar refractivity (Wildman–Crippen MR) is 134 cm³/mol. The third kappa shape index (κ3) is 3.71. The van der Waals surface area contributed by atoms with E-state index in [9.17, 15) is 4.79 Å². The second kappa shape index (κ2) is 8.52. The van der Waals surface area contributed by atoms with Crippen LogP contribution >= 0.6 is 15.9 Å². The molecule has 7 heteroatoms. The maximum Gasteiger partial charge on any atom is 0.159 e. The van der Waals surface area contributed by atoms with Crippen molar-refractivity contribution in [2.75, 3.05) is 43.0 Å². The van der Waals surface area contributed by atoms with Crippen LogP contribution in [0.5, 0.6) is 0 Å². The van der Waals surface area contributed by atoms with Crippen molar-refractivity contribution in [2.45, 2.75) is 38.8 Å². The number of Topliss-reactive ketones (excluding diaryl/α,β-unsaturated/α-hetero) is 1. The van der Waals surface area contributed by atoms with Crippen molar-refractivity contribution >= 4 is 44.3 Å². The van der Waals surface area contributed by atoms with E-state index in [0.29, 0.717) is 12.1 Å². The number of piperazine rings is 1. The first-order valence-corrected chi connectivity index (χ1v) is 12.2. The van der Waals surface area contributed by atoms with Gasteiger partial charge >= 0.3 is 0 Å². The van der Waals surface area contributed by atoms with Crippen LogP contribution in [0.2, 0.25) is 0 Å². The summed E-state index contributed by atoms with van der Waals surface area (Å²) in [5, 5.41) is 4.59. The minimum absolute atomic E-state index is 0.109. The molecule has 1 aromatic carbocycles. The first-order chi connectivity index (χ1) is 15.5. The van der Waals surface area contributed by atoms with Gasteiger partial charge in [-0.1, -0.05) is 0 Å². The van der Waals surface area contributed by atoms with E-state index < -0.39 is 0 Å². The molecule has 0 spiro atoms. The highest BCUT2D eigenvalue weighted by Crippen LogP contribution is 2.40. The molecule has 0 amide bonds. The van der Waals surface area contributed by atoms with Crippen LogP contribution in [0, 0.1) is 6.92 Å². The highest BCUT2D eigenvalue weighted by molar-refractivity contribution is 9.10. The minimum atomic E-state index is 0.109. The molecule has 6 nitrogen and oxygen atoms in total. The monoisotopic (exact) mass is 495 g/mol. The van der Waals surface area contributed by atoms with E-state index >= 15 is 0 Å². The molecule has 2 aromatic heterocycles. The molecule has 1 N–H and O–H groups in total. The third-order valence-electron chi connectivity index (χ3n) is 7.13. The summed E-state index contributed by atoms with van der Waals surface area (Å²) in [5.41, 5.74) is 4.30. The Bertz CT molecular complexity index is 1140. The molecule has 2 aliphatic rings. The van der Waals surface area contributed by atoms with Gasteiger partial charge in [-0.25, -0.2) is 4.98 Å². The number of fused-ring (bicyclic) bond motifs is 1. The van der Waals surface area contributed by atoms with Crippen LogP contribution in [0.3, 0.4) is 0 Å². The molecule has 5 rings (SSSR count). The molecule has 2 fully saturated rings. The molecule has 32 heavy (non-hydrogen) atoms. The van der Waals surface area contributed by atoms with Crippen LogP contribution in [0.25, 0.3) is 11.0 Å². The van der Waals surface area contributed by atoms with E-state index in [1.54, 1.807) is 6.92 Å². The normalized spacial score (nSPS) is 21.1. The van der Waals surface area contributed by atoms with Crippen molar-refractivity contribution in [2.24, 2.45) is 0 Å². The zero-order valence-corrected chi connectivity index (χ0v) is 20.5. The topological polar surface area (TPSA) is 53.4 Å². The maximum absolute atomic E-state index is 11.5. The number of ketones is 1. The summed E-state index contributed by atoms with van der Waals surface area (Å²) in [6, 6.07) is 13.5. The van der Waals surface area contributed by atoms with Gasteiger partial charge in [-0.3, -0.25) is 4.79 Å². The Hall–Kier alpha value is -2.38. The Kier molecular flexibility index (Phi) is 5.72. The highest BCUT2D eigenvalue weighted by Gasteiger charge is 2.32. The summed E-state index contributed by atoms with van der Waals surface area (Å²) in [5.74, 6) is 1.16. The number of nitrogens with one attached hydrogen (secondary N) is 1. The lowest BCUT2D eigenvalue weighted by molar-refractivity contribution is 0.101. The number of hydrogen-bond donors (Lipinski definition) is 1. The number of carbonyl (C=O) groups excluding carboxylic acids is 1. The molecule has 168 valence electrons. The summed E-state index contributed by atoms with van der Waals surface area (Å²) in [6.07, 6.45) is 2.31. The SMILES string of the molecule is CN[C@H]1C[C@H](n2c(C)c(Br)c3ccc(N4CCN(c5ccc(C(C)=O)cc5)CC4)nc32)C1. The van der Waals surface area contributed by atoms with Gasteiger partial charge in [0.2, 0.25) is 0 Å². The van der Waals surface area contributed by atoms with Crippen LogP contribution in [-0.4, -0.2) is 54.6 Å². The fourth-order valence-electron chi connectivity index (χ4n) is 5.01. The predicted octanol–water partition coefficient (Wildman–Crippen LogP) is 4.56. The Morgan fingerprint density at radius 3 is 2.31 bits per heavy atom. The maximum atomic E-state index is 11.5. The number of carbonyl (C=O) groups is 1. The van der Waals surface area contributed by atoms with Crippen molar-refractivity contribution < 1.29 is 4.79 Å². The van der Waals surface area contributed by atoms with Crippen molar-refractivity contribution in [1.82, 2.24) is 14.9 Å².